The summed E-state index contributed by atoms with van der Waals surface area (Å²) in [5.41, 5.74) is 5.34. The van der Waals surface area contributed by atoms with Crippen LogP contribution in [0.2, 0.25) is 5.02 Å². The summed E-state index contributed by atoms with van der Waals surface area (Å²) in [5.74, 6) is -0.581. The van der Waals surface area contributed by atoms with Gasteiger partial charge in [-0.25, -0.2) is 0 Å². The van der Waals surface area contributed by atoms with E-state index in [1.54, 1.807) is 55.5 Å². The smallest absolute Gasteiger partial charge is 0.276 e. The van der Waals surface area contributed by atoms with Crippen LogP contribution in [0.25, 0.3) is 0 Å². The molecule has 0 radical (unpaired) electrons. The van der Waals surface area contributed by atoms with Gasteiger partial charge in [0.2, 0.25) is 0 Å². The van der Waals surface area contributed by atoms with Crippen LogP contribution in [0.15, 0.2) is 48.5 Å². The third kappa shape index (κ3) is 5.32. The number of hydrogen-bond donors (Lipinski definition) is 2. The molecule has 7 heteroatoms. The lowest BCUT2D eigenvalue weighted by Gasteiger charge is -2.09. The minimum Gasteiger partial charge on any atom is -0.484 e. The van der Waals surface area contributed by atoms with Gasteiger partial charge in [-0.15, -0.1) is 0 Å². The Hall–Kier alpha value is -2.86. The molecule has 0 saturated carbocycles. The van der Waals surface area contributed by atoms with Crippen LogP contribution in [0.3, 0.4) is 0 Å². The van der Waals surface area contributed by atoms with Crippen molar-refractivity contribution in [2.24, 2.45) is 0 Å². The summed E-state index contributed by atoms with van der Waals surface area (Å²) in [4.78, 5) is 35.1. The van der Waals surface area contributed by atoms with Gasteiger partial charge in [-0.05, 0) is 36.4 Å². The number of carbonyl (C=O) groups is 3. The van der Waals surface area contributed by atoms with Crippen LogP contribution in [-0.4, -0.2) is 24.2 Å². The fraction of sp³-hybridized carbons (Fsp3) is 0.167. The van der Waals surface area contributed by atoms with Crippen molar-refractivity contribution in [2.75, 3.05) is 6.61 Å². The van der Waals surface area contributed by atoms with Crippen molar-refractivity contribution < 1.29 is 19.1 Å². The lowest BCUT2D eigenvalue weighted by molar-refractivity contribution is -0.123. The number of Topliss-reactive ketones (excluding diaryl/α,β-unsaturated/α-hetero) is 1. The molecule has 2 N–H and O–H groups in total. The van der Waals surface area contributed by atoms with Gasteiger partial charge in [0, 0.05) is 12.0 Å². The van der Waals surface area contributed by atoms with Crippen molar-refractivity contribution >= 4 is 29.2 Å². The summed E-state index contributed by atoms with van der Waals surface area (Å²) >= 11 is 5.90. The van der Waals surface area contributed by atoms with E-state index in [-0.39, 0.29) is 23.0 Å². The number of halogens is 1. The minimum absolute atomic E-state index is 0.0339. The quantitative estimate of drug-likeness (QED) is 0.612. The van der Waals surface area contributed by atoms with Crippen molar-refractivity contribution in [1.82, 2.24) is 10.9 Å². The lowest BCUT2D eigenvalue weighted by Crippen LogP contribution is -2.43. The van der Waals surface area contributed by atoms with E-state index >= 15 is 0 Å². The summed E-state index contributed by atoms with van der Waals surface area (Å²) in [5, 5.41) is 0.284. The fourth-order valence-corrected chi connectivity index (χ4v) is 2.19. The second-order valence-corrected chi connectivity index (χ2v) is 5.48. The van der Waals surface area contributed by atoms with Crippen molar-refractivity contribution in [3.05, 3.63) is 64.7 Å². The van der Waals surface area contributed by atoms with Gasteiger partial charge in [-0.2, -0.15) is 0 Å². The van der Waals surface area contributed by atoms with Crippen LogP contribution >= 0.6 is 11.6 Å². The zero-order valence-electron chi connectivity index (χ0n) is 13.5. The minimum atomic E-state index is -0.533. The number of ether oxygens (including phenoxy) is 1. The van der Waals surface area contributed by atoms with Gasteiger partial charge in [0.25, 0.3) is 11.8 Å². The number of amides is 2. The van der Waals surface area contributed by atoms with Crippen molar-refractivity contribution in [3.63, 3.8) is 0 Å². The van der Waals surface area contributed by atoms with E-state index in [2.05, 4.69) is 10.9 Å². The Kier molecular flexibility index (Phi) is 6.54. The molecule has 0 aromatic heterocycles. The van der Waals surface area contributed by atoms with Crippen LogP contribution in [0.5, 0.6) is 5.75 Å². The normalized spacial score (nSPS) is 10.0. The Morgan fingerprint density at radius 2 is 1.68 bits per heavy atom. The molecule has 2 amide bonds. The highest BCUT2D eigenvalue weighted by atomic mass is 35.5. The van der Waals surface area contributed by atoms with E-state index in [9.17, 15) is 14.4 Å². The number of hydrazine groups is 1. The van der Waals surface area contributed by atoms with E-state index in [0.717, 1.165) is 0 Å². The molecule has 25 heavy (non-hydrogen) atoms. The van der Waals surface area contributed by atoms with Crippen LogP contribution in [0.1, 0.15) is 34.1 Å². The Morgan fingerprint density at radius 3 is 2.32 bits per heavy atom. The van der Waals surface area contributed by atoms with Crippen LogP contribution in [0.4, 0.5) is 0 Å². The molecule has 0 aliphatic heterocycles. The highest BCUT2D eigenvalue weighted by Gasteiger charge is 2.11. The van der Waals surface area contributed by atoms with Gasteiger partial charge in [-0.1, -0.05) is 30.7 Å². The Labute approximate surface area is 150 Å². The molecule has 6 nitrogen and oxygen atoms in total. The van der Waals surface area contributed by atoms with Crippen molar-refractivity contribution in [2.45, 2.75) is 13.3 Å². The topological polar surface area (TPSA) is 84.5 Å². The molecule has 2 aromatic carbocycles. The third-order valence-corrected chi connectivity index (χ3v) is 3.63. The molecular weight excluding hydrogens is 344 g/mol. The predicted octanol–water partition coefficient (Wildman–Crippen LogP) is 2.77. The Balaban J connectivity index is 1.80. The summed E-state index contributed by atoms with van der Waals surface area (Å²) in [6.45, 7) is 1.50. The van der Waals surface area contributed by atoms with Gasteiger partial charge in [-0.3, -0.25) is 25.2 Å². The number of benzene rings is 2. The number of rotatable bonds is 6. The molecule has 2 aromatic rings. The van der Waals surface area contributed by atoms with Crippen molar-refractivity contribution in [3.8, 4) is 5.75 Å². The van der Waals surface area contributed by atoms with E-state index in [1.165, 1.54) is 0 Å². The zero-order chi connectivity index (χ0) is 18.2. The fourth-order valence-electron chi connectivity index (χ4n) is 1.97. The number of nitrogens with one attached hydrogen (secondary N) is 2. The maximum Gasteiger partial charge on any atom is 0.276 e. The SMILES string of the molecule is CCC(=O)c1ccc(OCC(=O)NNC(=O)c2ccccc2Cl)cc1. The molecule has 0 aliphatic rings. The highest BCUT2D eigenvalue weighted by Crippen LogP contribution is 2.14. The van der Waals surface area contributed by atoms with E-state index in [0.29, 0.717) is 17.7 Å². The van der Waals surface area contributed by atoms with E-state index in [1.807, 2.05) is 0 Å². The number of ketones is 1. The molecule has 0 saturated heterocycles. The third-order valence-electron chi connectivity index (χ3n) is 3.30. The van der Waals surface area contributed by atoms with Crippen molar-refractivity contribution in [1.29, 1.82) is 0 Å². The first-order chi connectivity index (χ1) is 12.0. The summed E-state index contributed by atoms with van der Waals surface area (Å²) < 4.78 is 5.30. The highest BCUT2D eigenvalue weighted by molar-refractivity contribution is 6.33. The maximum atomic E-state index is 11.9. The summed E-state index contributed by atoms with van der Waals surface area (Å²) in [6.07, 6.45) is 0.424. The molecule has 0 atom stereocenters. The van der Waals surface area contributed by atoms with Gasteiger partial charge in [0.15, 0.2) is 12.4 Å². The summed E-state index contributed by atoms with van der Waals surface area (Å²) in [7, 11) is 0. The Morgan fingerprint density at radius 1 is 1.00 bits per heavy atom. The maximum absolute atomic E-state index is 11.9. The van der Waals surface area contributed by atoms with Crippen LogP contribution in [0, 0.1) is 0 Å². The number of carbonyl (C=O) groups excluding carboxylic acids is 3. The van der Waals surface area contributed by atoms with Gasteiger partial charge < -0.3 is 4.74 Å². The molecule has 0 aliphatic carbocycles. The average Bonchev–Trinajstić information content (AvgIpc) is 2.64. The standard InChI is InChI=1S/C18H17ClN2O4/c1-2-16(22)12-7-9-13(10-8-12)25-11-17(23)20-21-18(24)14-5-3-4-6-15(14)19/h3-10H,2,11H2,1H3,(H,20,23)(H,21,24). The largest absolute Gasteiger partial charge is 0.484 e. The molecule has 0 bridgehead atoms. The average molecular weight is 361 g/mol. The zero-order valence-corrected chi connectivity index (χ0v) is 14.3. The van der Waals surface area contributed by atoms with Gasteiger partial charge in [0.1, 0.15) is 5.75 Å². The molecule has 2 rings (SSSR count). The second kappa shape index (κ2) is 8.84. The summed E-state index contributed by atoms with van der Waals surface area (Å²) in [6, 6.07) is 13.0. The molecule has 0 unspecified atom stereocenters. The molecule has 0 heterocycles. The first-order valence-corrected chi connectivity index (χ1v) is 7.99. The second-order valence-electron chi connectivity index (χ2n) is 5.07. The predicted molar refractivity (Wildman–Crippen MR) is 93.6 cm³/mol. The van der Waals surface area contributed by atoms with Gasteiger partial charge in [0.05, 0.1) is 10.6 Å². The van der Waals surface area contributed by atoms with E-state index in [4.69, 9.17) is 16.3 Å². The molecule has 0 spiro atoms. The lowest BCUT2D eigenvalue weighted by atomic mass is 10.1. The number of hydrogen-bond acceptors (Lipinski definition) is 4. The van der Waals surface area contributed by atoms with Crippen LogP contribution in [-0.2, 0) is 4.79 Å². The van der Waals surface area contributed by atoms with E-state index < -0.39 is 11.8 Å². The molecule has 130 valence electrons. The first-order valence-electron chi connectivity index (χ1n) is 7.61. The molecule has 0 fully saturated rings. The monoisotopic (exact) mass is 360 g/mol. The van der Waals surface area contributed by atoms with Crippen LogP contribution < -0.4 is 15.6 Å². The first kappa shape index (κ1) is 18.5. The Bertz CT molecular complexity index is 775. The van der Waals surface area contributed by atoms with Gasteiger partial charge >= 0.3 is 0 Å². The molecular formula is C18H17ClN2O4.